The van der Waals surface area contributed by atoms with Crippen LogP contribution in [-0.2, 0) is 11.3 Å². The minimum Gasteiger partial charge on any atom is -0.494 e. The molecule has 3 aromatic rings. The topological polar surface area (TPSA) is 62.1 Å². The molecule has 1 aliphatic rings. The summed E-state index contributed by atoms with van der Waals surface area (Å²) in [5.41, 5.74) is 2.65. The van der Waals surface area contributed by atoms with E-state index in [9.17, 15) is 0 Å². The zero-order valence-electron chi connectivity index (χ0n) is 13.0. The van der Waals surface area contributed by atoms with Crippen LogP contribution in [0.1, 0.15) is 12.8 Å². The van der Waals surface area contributed by atoms with E-state index in [1.807, 2.05) is 29.1 Å². The first-order valence-electron chi connectivity index (χ1n) is 7.78. The van der Waals surface area contributed by atoms with E-state index in [1.54, 1.807) is 13.3 Å². The van der Waals surface area contributed by atoms with E-state index in [2.05, 4.69) is 21.4 Å². The van der Waals surface area contributed by atoms with Crippen molar-refractivity contribution in [3.05, 3.63) is 36.7 Å². The monoisotopic (exact) mass is 310 g/mol. The number of hydrogen-bond donors (Lipinski definition) is 0. The third-order valence-corrected chi connectivity index (χ3v) is 4.14. The molecule has 4 rings (SSSR count). The second-order valence-corrected chi connectivity index (χ2v) is 5.71. The van der Waals surface area contributed by atoms with Crippen LogP contribution in [0.4, 0.5) is 0 Å². The maximum atomic E-state index is 5.65. The first kappa shape index (κ1) is 14.1. The van der Waals surface area contributed by atoms with Crippen molar-refractivity contribution < 1.29 is 9.47 Å². The predicted molar refractivity (Wildman–Crippen MR) is 86.3 cm³/mol. The maximum absolute atomic E-state index is 5.65. The Labute approximate surface area is 134 Å². The van der Waals surface area contributed by atoms with Gasteiger partial charge in [-0.25, -0.2) is 4.68 Å². The van der Waals surface area contributed by atoms with Gasteiger partial charge in [0.15, 0.2) is 0 Å². The van der Waals surface area contributed by atoms with Crippen LogP contribution in [0.2, 0.25) is 0 Å². The Bertz CT molecular complexity index is 824. The van der Waals surface area contributed by atoms with Crippen LogP contribution >= 0.6 is 0 Å². The van der Waals surface area contributed by atoms with Gasteiger partial charge in [-0.3, -0.25) is 4.98 Å². The number of hydrogen-bond acceptors (Lipinski definition) is 5. The lowest BCUT2D eigenvalue weighted by Crippen LogP contribution is -2.15. The Morgan fingerprint density at radius 3 is 3.17 bits per heavy atom. The molecule has 1 saturated heterocycles. The smallest absolute Gasteiger partial charge is 0.145 e. The summed E-state index contributed by atoms with van der Waals surface area (Å²) >= 11 is 0. The fourth-order valence-corrected chi connectivity index (χ4v) is 2.98. The highest BCUT2D eigenvalue weighted by atomic mass is 16.5. The summed E-state index contributed by atoms with van der Waals surface area (Å²) in [6.07, 6.45) is 6.19. The highest BCUT2D eigenvalue weighted by molar-refractivity contribution is 5.89. The van der Waals surface area contributed by atoms with E-state index in [0.717, 1.165) is 53.9 Å². The molecule has 1 unspecified atom stereocenters. The molecule has 3 heterocycles. The summed E-state index contributed by atoms with van der Waals surface area (Å²) in [6.45, 7) is 1.60. The summed E-state index contributed by atoms with van der Waals surface area (Å²) < 4.78 is 13.0. The average Bonchev–Trinajstić information content (AvgIpc) is 3.26. The number of benzene rings is 1. The predicted octanol–water partition coefficient (Wildman–Crippen LogP) is 2.68. The van der Waals surface area contributed by atoms with E-state index < -0.39 is 0 Å². The van der Waals surface area contributed by atoms with Gasteiger partial charge in [-0.1, -0.05) is 11.3 Å². The summed E-state index contributed by atoms with van der Waals surface area (Å²) in [5.74, 6) is 0.742. The molecule has 1 aromatic carbocycles. The zero-order valence-corrected chi connectivity index (χ0v) is 13.0. The quantitative estimate of drug-likeness (QED) is 0.741. The maximum Gasteiger partial charge on any atom is 0.145 e. The molecule has 0 amide bonds. The number of nitrogens with zero attached hydrogens (tertiary/aromatic N) is 4. The number of methoxy groups -OCH3 is 1. The van der Waals surface area contributed by atoms with Gasteiger partial charge in [0.25, 0.3) is 0 Å². The van der Waals surface area contributed by atoms with E-state index >= 15 is 0 Å². The van der Waals surface area contributed by atoms with E-state index in [1.165, 1.54) is 0 Å². The van der Waals surface area contributed by atoms with Crippen LogP contribution in [0.5, 0.6) is 5.75 Å². The average molecular weight is 310 g/mol. The Kier molecular flexibility index (Phi) is 3.67. The SMILES string of the molecule is COc1cc(-c2cn(CC3CCCO3)nn2)cc2cccnc12. The van der Waals surface area contributed by atoms with Crippen molar-refractivity contribution in [1.29, 1.82) is 0 Å². The van der Waals surface area contributed by atoms with E-state index in [4.69, 9.17) is 9.47 Å². The summed E-state index contributed by atoms with van der Waals surface area (Å²) in [5, 5.41) is 9.54. The molecule has 6 nitrogen and oxygen atoms in total. The molecule has 2 aromatic heterocycles. The lowest BCUT2D eigenvalue weighted by atomic mass is 10.1. The van der Waals surface area contributed by atoms with Crippen LogP contribution < -0.4 is 4.74 Å². The number of aromatic nitrogens is 4. The third-order valence-electron chi connectivity index (χ3n) is 4.14. The van der Waals surface area contributed by atoms with Gasteiger partial charge in [0.05, 0.1) is 26.0 Å². The second-order valence-electron chi connectivity index (χ2n) is 5.71. The zero-order chi connectivity index (χ0) is 15.6. The van der Waals surface area contributed by atoms with E-state index in [0.29, 0.717) is 0 Å². The molecular formula is C17H18N4O2. The van der Waals surface area contributed by atoms with Gasteiger partial charge < -0.3 is 9.47 Å². The van der Waals surface area contributed by atoms with E-state index in [-0.39, 0.29) is 6.10 Å². The molecule has 0 saturated carbocycles. The van der Waals surface area contributed by atoms with Crippen molar-refractivity contribution in [3.63, 3.8) is 0 Å². The molecule has 0 radical (unpaired) electrons. The lowest BCUT2D eigenvalue weighted by molar-refractivity contribution is 0.0935. The fourth-order valence-electron chi connectivity index (χ4n) is 2.98. The number of ether oxygens (including phenoxy) is 2. The molecule has 1 fully saturated rings. The Morgan fingerprint density at radius 2 is 2.35 bits per heavy atom. The Balaban J connectivity index is 1.67. The van der Waals surface area contributed by atoms with Crippen molar-refractivity contribution in [1.82, 2.24) is 20.0 Å². The normalized spacial score (nSPS) is 17.7. The minimum atomic E-state index is 0.250. The molecule has 0 bridgehead atoms. The van der Waals surface area contributed by atoms with Gasteiger partial charge in [0, 0.05) is 23.8 Å². The molecule has 0 spiro atoms. The minimum absolute atomic E-state index is 0.250. The first-order chi connectivity index (χ1) is 11.3. The molecule has 0 aliphatic carbocycles. The van der Waals surface area contributed by atoms with Gasteiger partial charge in [0.1, 0.15) is 17.0 Å². The van der Waals surface area contributed by atoms with Gasteiger partial charge in [-0.2, -0.15) is 0 Å². The van der Waals surface area contributed by atoms with Gasteiger partial charge in [-0.05, 0) is 31.0 Å². The van der Waals surface area contributed by atoms with Crippen molar-refractivity contribution in [2.45, 2.75) is 25.5 Å². The van der Waals surface area contributed by atoms with Gasteiger partial charge in [0.2, 0.25) is 0 Å². The van der Waals surface area contributed by atoms with Gasteiger partial charge >= 0.3 is 0 Å². The van der Waals surface area contributed by atoms with Crippen LogP contribution in [0.25, 0.3) is 22.2 Å². The molecular weight excluding hydrogens is 292 g/mol. The standard InChI is InChI=1S/C17H18N4O2/c1-22-16-9-13(8-12-4-2-6-18-17(12)16)15-11-21(20-19-15)10-14-5-3-7-23-14/h2,4,6,8-9,11,14H,3,5,7,10H2,1H3. The Hall–Kier alpha value is -2.47. The summed E-state index contributed by atoms with van der Waals surface area (Å²) in [4.78, 5) is 4.38. The number of rotatable bonds is 4. The highest BCUT2D eigenvalue weighted by Crippen LogP contribution is 2.30. The fraction of sp³-hybridized carbons (Fsp3) is 0.353. The van der Waals surface area contributed by atoms with Crippen molar-refractivity contribution in [2.24, 2.45) is 0 Å². The lowest BCUT2D eigenvalue weighted by Gasteiger charge is -2.08. The molecule has 1 aliphatic heterocycles. The van der Waals surface area contributed by atoms with Gasteiger partial charge in [-0.15, -0.1) is 5.10 Å². The highest BCUT2D eigenvalue weighted by Gasteiger charge is 2.17. The molecule has 1 atom stereocenters. The third kappa shape index (κ3) is 2.77. The van der Waals surface area contributed by atoms with Crippen molar-refractivity contribution in [2.75, 3.05) is 13.7 Å². The van der Waals surface area contributed by atoms with Crippen LogP contribution in [0.15, 0.2) is 36.7 Å². The molecule has 118 valence electrons. The number of fused-ring (bicyclic) bond motifs is 1. The molecule has 0 N–H and O–H groups in total. The molecule has 23 heavy (non-hydrogen) atoms. The molecule has 6 heteroatoms. The van der Waals surface area contributed by atoms with Crippen LogP contribution in [-0.4, -0.2) is 39.8 Å². The summed E-state index contributed by atoms with van der Waals surface area (Å²) in [6, 6.07) is 7.95. The van der Waals surface area contributed by atoms with Crippen molar-refractivity contribution >= 4 is 10.9 Å². The Morgan fingerprint density at radius 1 is 1.39 bits per heavy atom. The van der Waals surface area contributed by atoms with Crippen LogP contribution in [0, 0.1) is 0 Å². The van der Waals surface area contributed by atoms with Crippen molar-refractivity contribution in [3.8, 4) is 17.0 Å². The largest absolute Gasteiger partial charge is 0.494 e. The first-order valence-corrected chi connectivity index (χ1v) is 7.78. The number of pyridine rings is 1. The van der Waals surface area contributed by atoms with Crippen LogP contribution in [0.3, 0.4) is 0 Å². The summed E-state index contributed by atoms with van der Waals surface area (Å²) in [7, 11) is 1.65. The second kappa shape index (κ2) is 5.96.